The van der Waals surface area contributed by atoms with Crippen molar-refractivity contribution in [2.75, 3.05) is 46.4 Å². The Balaban J connectivity index is 0.00000363. The Morgan fingerprint density at radius 1 is 1.25 bits per heavy atom. The lowest BCUT2D eigenvalue weighted by Crippen LogP contribution is -2.53. The van der Waals surface area contributed by atoms with Gasteiger partial charge in [0.2, 0.25) is 0 Å². The summed E-state index contributed by atoms with van der Waals surface area (Å²) in [6.07, 6.45) is -3.32. The summed E-state index contributed by atoms with van der Waals surface area (Å²) in [6.45, 7) is 10.1. The second-order valence-electron chi connectivity index (χ2n) is 8.52. The van der Waals surface area contributed by atoms with Gasteiger partial charge in [0.25, 0.3) is 0 Å². The Morgan fingerprint density at radius 2 is 1.97 bits per heavy atom. The number of hydrogen-bond acceptors (Lipinski definition) is 4. The summed E-state index contributed by atoms with van der Waals surface area (Å²) in [4.78, 5) is 9.06. The molecule has 3 atom stereocenters. The first-order valence-electron chi connectivity index (χ1n) is 11.0. The minimum absolute atomic E-state index is 0. The van der Waals surface area contributed by atoms with Crippen molar-refractivity contribution in [3.8, 4) is 0 Å². The quantitative estimate of drug-likeness (QED) is 0.314. The number of morpholine rings is 1. The zero-order valence-corrected chi connectivity index (χ0v) is 21.3. The molecule has 0 spiro atoms. The topological polar surface area (TPSA) is 52.1 Å². The largest absolute Gasteiger partial charge is 0.416 e. The third-order valence-corrected chi connectivity index (χ3v) is 6.07. The maximum atomic E-state index is 12.7. The Labute approximate surface area is 206 Å². The predicted molar refractivity (Wildman–Crippen MR) is 131 cm³/mol. The van der Waals surface area contributed by atoms with E-state index in [1.165, 1.54) is 0 Å². The number of ether oxygens (including phenoxy) is 1. The number of aliphatic imine (C=N–C) groups is 1. The molecule has 32 heavy (non-hydrogen) atoms. The summed E-state index contributed by atoms with van der Waals surface area (Å²) in [6, 6.07) is 6.49. The molecule has 0 aromatic heterocycles. The average molecular weight is 569 g/mol. The molecule has 2 N–H and O–H groups in total. The van der Waals surface area contributed by atoms with Gasteiger partial charge in [0.1, 0.15) is 0 Å². The van der Waals surface area contributed by atoms with Gasteiger partial charge in [0, 0.05) is 57.9 Å². The molecular formula is C22H35F3IN5O. The maximum Gasteiger partial charge on any atom is 0.416 e. The van der Waals surface area contributed by atoms with E-state index in [1.807, 2.05) is 0 Å². The van der Waals surface area contributed by atoms with Gasteiger partial charge in [-0.25, -0.2) is 0 Å². The molecule has 2 fully saturated rings. The van der Waals surface area contributed by atoms with Crippen LogP contribution in [0.3, 0.4) is 0 Å². The molecule has 0 saturated carbocycles. The minimum atomic E-state index is -4.29. The number of alkyl halides is 3. The normalized spacial score (nSPS) is 24.1. The lowest BCUT2D eigenvalue weighted by Gasteiger charge is -2.38. The van der Waals surface area contributed by atoms with Gasteiger partial charge < -0.3 is 15.4 Å². The van der Waals surface area contributed by atoms with Crippen molar-refractivity contribution in [1.82, 2.24) is 20.4 Å². The lowest BCUT2D eigenvalue weighted by molar-refractivity contribution is -0.137. The molecule has 182 valence electrons. The first-order chi connectivity index (χ1) is 14.8. The molecule has 0 bridgehead atoms. The molecule has 3 rings (SSSR count). The molecule has 3 unspecified atom stereocenters. The molecule has 6 nitrogen and oxygen atoms in total. The fourth-order valence-corrected chi connectivity index (χ4v) is 4.30. The third-order valence-electron chi connectivity index (χ3n) is 6.07. The van der Waals surface area contributed by atoms with Crippen molar-refractivity contribution in [1.29, 1.82) is 0 Å². The smallest absolute Gasteiger partial charge is 0.379 e. The summed E-state index contributed by atoms with van der Waals surface area (Å²) in [5.74, 6) is 0.786. The van der Waals surface area contributed by atoms with E-state index in [1.54, 1.807) is 19.2 Å². The summed E-state index contributed by atoms with van der Waals surface area (Å²) in [5, 5.41) is 6.92. The first-order valence-corrected chi connectivity index (χ1v) is 11.0. The van der Waals surface area contributed by atoms with E-state index in [0.717, 1.165) is 69.5 Å². The van der Waals surface area contributed by atoms with Gasteiger partial charge in [-0.05, 0) is 38.0 Å². The minimum Gasteiger partial charge on any atom is -0.379 e. The van der Waals surface area contributed by atoms with Crippen molar-refractivity contribution in [2.24, 2.45) is 4.99 Å². The summed E-state index contributed by atoms with van der Waals surface area (Å²) in [7, 11) is 1.77. The molecule has 0 aliphatic carbocycles. The van der Waals surface area contributed by atoms with Crippen molar-refractivity contribution >= 4 is 29.9 Å². The Kier molecular flexibility index (Phi) is 10.5. The fraction of sp³-hybridized carbons (Fsp3) is 0.682. The van der Waals surface area contributed by atoms with Crippen LogP contribution in [0.4, 0.5) is 13.2 Å². The van der Waals surface area contributed by atoms with Crippen LogP contribution < -0.4 is 10.6 Å². The van der Waals surface area contributed by atoms with Gasteiger partial charge in [0.05, 0.1) is 18.8 Å². The Morgan fingerprint density at radius 3 is 2.59 bits per heavy atom. The number of rotatable bonds is 6. The van der Waals surface area contributed by atoms with E-state index in [-0.39, 0.29) is 30.0 Å². The average Bonchev–Trinajstić information content (AvgIpc) is 3.17. The molecule has 10 heteroatoms. The summed E-state index contributed by atoms with van der Waals surface area (Å²) >= 11 is 0. The highest BCUT2D eigenvalue weighted by Crippen LogP contribution is 2.29. The molecule has 0 amide bonds. The van der Waals surface area contributed by atoms with Gasteiger partial charge in [-0.15, -0.1) is 24.0 Å². The van der Waals surface area contributed by atoms with Crippen molar-refractivity contribution in [3.63, 3.8) is 0 Å². The van der Waals surface area contributed by atoms with Crippen LogP contribution in [0.25, 0.3) is 0 Å². The molecule has 2 aliphatic heterocycles. The van der Waals surface area contributed by atoms with Crippen molar-refractivity contribution in [2.45, 2.75) is 51.1 Å². The molecule has 2 heterocycles. The molecule has 2 saturated heterocycles. The zero-order chi connectivity index (χ0) is 22.4. The summed E-state index contributed by atoms with van der Waals surface area (Å²) in [5.41, 5.74) is 0.289. The molecule has 2 aliphatic rings. The number of benzene rings is 1. The molecule has 1 aromatic rings. The first kappa shape index (κ1) is 27.1. The van der Waals surface area contributed by atoms with Crippen LogP contribution in [0.1, 0.15) is 31.4 Å². The van der Waals surface area contributed by atoms with E-state index in [2.05, 4.69) is 39.3 Å². The van der Waals surface area contributed by atoms with Gasteiger partial charge in [-0.3, -0.25) is 14.8 Å². The van der Waals surface area contributed by atoms with Crippen LogP contribution in [0.15, 0.2) is 29.3 Å². The van der Waals surface area contributed by atoms with Crippen LogP contribution in [-0.2, 0) is 17.5 Å². The second kappa shape index (κ2) is 12.4. The maximum absolute atomic E-state index is 12.7. The van der Waals surface area contributed by atoms with Crippen LogP contribution in [0.5, 0.6) is 0 Å². The van der Waals surface area contributed by atoms with Crippen LogP contribution in [0, 0.1) is 0 Å². The van der Waals surface area contributed by atoms with Crippen LogP contribution in [0.2, 0.25) is 0 Å². The van der Waals surface area contributed by atoms with Crippen LogP contribution >= 0.6 is 24.0 Å². The third kappa shape index (κ3) is 7.74. The Hall–Kier alpha value is -1.11. The van der Waals surface area contributed by atoms with E-state index < -0.39 is 11.7 Å². The van der Waals surface area contributed by atoms with Crippen LogP contribution in [-0.4, -0.2) is 80.3 Å². The number of hydrogen-bond donors (Lipinski definition) is 2. The number of guanidine groups is 1. The summed E-state index contributed by atoms with van der Waals surface area (Å²) < 4.78 is 43.7. The molecule has 0 radical (unpaired) electrons. The van der Waals surface area contributed by atoms with E-state index in [0.29, 0.717) is 18.6 Å². The van der Waals surface area contributed by atoms with Gasteiger partial charge >= 0.3 is 6.18 Å². The van der Waals surface area contributed by atoms with Gasteiger partial charge in [-0.2, -0.15) is 13.2 Å². The second-order valence-corrected chi connectivity index (χ2v) is 8.52. The highest BCUT2D eigenvalue weighted by atomic mass is 127. The molecule has 1 aromatic carbocycles. The number of likely N-dealkylation sites (tertiary alicyclic amines) is 1. The molecular weight excluding hydrogens is 534 g/mol. The fourth-order valence-electron chi connectivity index (χ4n) is 4.30. The van der Waals surface area contributed by atoms with Crippen molar-refractivity contribution in [3.05, 3.63) is 35.4 Å². The number of nitrogens with one attached hydrogen (secondary N) is 2. The van der Waals surface area contributed by atoms with E-state index in [9.17, 15) is 13.2 Å². The number of halogens is 4. The number of nitrogens with zero attached hydrogens (tertiary/aromatic N) is 3. The SMILES string of the molecule is CN=C(NCC(C)N1CCOCC1C)NC1CCN(Cc2ccc(C(F)(F)F)cc2)C1.I. The van der Waals surface area contributed by atoms with Crippen molar-refractivity contribution < 1.29 is 17.9 Å². The highest BCUT2D eigenvalue weighted by molar-refractivity contribution is 14.0. The monoisotopic (exact) mass is 569 g/mol. The standard InChI is InChI=1S/C22H34F3N5O.HI/c1-16(30-10-11-31-15-17(30)2)12-27-21(26-3)28-20-8-9-29(14-20)13-18-4-6-19(7-5-18)22(23,24)25;/h4-7,16-17,20H,8-15H2,1-3H3,(H2,26,27,28);1H. The zero-order valence-electron chi connectivity index (χ0n) is 19.0. The van der Waals surface area contributed by atoms with Gasteiger partial charge in [0.15, 0.2) is 5.96 Å². The van der Waals surface area contributed by atoms with E-state index in [4.69, 9.17) is 4.74 Å². The van der Waals surface area contributed by atoms with E-state index >= 15 is 0 Å². The highest BCUT2D eigenvalue weighted by Gasteiger charge is 2.30. The van der Waals surface area contributed by atoms with Gasteiger partial charge in [-0.1, -0.05) is 12.1 Å². The lowest BCUT2D eigenvalue weighted by atomic mass is 10.1. The predicted octanol–water partition coefficient (Wildman–Crippen LogP) is 3.17. The Bertz CT molecular complexity index is 731.